The third-order valence-corrected chi connectivity index (χ3v) is 2.26. The summed E-state index contributed by atoms with van der Waals surface area (Å²) >= 11 is 0. The van der Waals surface area contributed by atoms with E-state index in [-0.39, 0.29) is 0 Å². The summed E-state index contributed by atoms with van der Waals surface area (Å²) in [6, 6.07) is 6.19. The van der Waals surface area contributed by atoms with Gasteiger partial charge in [0.2, 0.25) is 6.79 Å². The van der Waals surface area contributed by atoms with Crippen LogP contribution in [0.4, 0.5) is 0 Å². The first-order valence-electron chi connectivity index (χ1n) is 5.78. The van der Waals surface area contributed by atoms with E-state index < -0.39 is 0 Å². The lowest BCUT2D eigenvalue weighted by Gasteiger charge is -2.01. The molecular weight excluding hydrogens is 202 g/mol. The van der Waals surface area contributed by atoms with E-state index >= 15 is 0 Å². The molecule has 1 heterocycles. The fraction of sp³-hybridized carbons (Fsp3) is 0.538. The Labute approximate surface area is 97.8 Å². The van der Waals surface area contributed by atoms with E-state index in [1.807, 2.05) is 20.2 Å². The number of hydrogen-bond acceptors (Lipinski definition) is 3. The van der Waals surface area contributed by atoms with E-state index in [0.29, 0.717) is 6.79 Å². The zero-order chi connectivity index (χ0) is 11.8. The van der Waals surface area contributed by atoms with Crippen LogP contribution in [0, 0.1) is 0 Å². The molecule has 1 aromatic carbocycles. The largest absolute Gasteiger partial charge is 0.454 e. The molecule has 0 saturated carbocycles. The smallest absolute Gasteiger partial charge is 0.231 e. The second kappa shape index (κ2) is 7.12. The summed E-state index contributed by atoms with van der Waals surface area (Å²) in [6.45, 7) is 2.57. The predicted octanol–water partition coefficient (Wildman–Crippen LogP) is 2.59. The highest BCUT2D eigenvalue weighted by atomic mass is 16.7. The first-order valence-corrected chi connectivity index (χ1v) is 5.78. The molecular formula is C13H21NO2. The van der Waals surface area contributed by atoms with Gasteiger partial charge in [0.15, 0.2) is 11.5 Å². The lowest BCUT2D eigenvalue weighted by molar-refractivity contribution is 0.174. The van der Waals surface area contributed by atoms with Crippen LogP contribution in [-0.4, -0.2) is 20.9 Å². The van der Waals surface area contributed by atoms with Gasteiger partial charge in [-0.05, 0) is 44.6 Å². The molecule has 0 bridgehead atoms. The van der Waals surface area contributed by atoms with Crippen LogP contribution < -0.4 is 14.8 Å². The van der Waals surface area contributed by atoms with Gasteiger partial charge in [0.25, 0.3) is 0 Å². The summed E-state index contributed by atoms with van der Waals surface area (Å²) in [5, 5.41) is 2.75. The molecule has 2 rings (SSSR count). The lowest BCUT2D eigenvalue weighted by Crippen LogP contribution is -1.92. The fourth-order valence-electron chi connectivity index (χ4n) is 1.48. The second-order valence-electron chi connectivity index (χ2n) is 3.79. The number of nitrogens with one attached hydrogen (secondary N) is 1. The summed E-state index contributed by atoms with van der Waals surface area (Å²) in [5.74, 6) is 1.77. The average molecular weight is 223 g/mol. The molecule has 3 heteroatoms. The van der Waals surface area contributed by atoms with E-state index in [0.717, 1.165) is 17.9 Å². The number of rotatable bonds is 3. The minimum atomic E-state index is 0.368. The van der Waals surface area contributed by atoms with Gasteiger partial charge in [0, 0.05) is 0 Å². The molecule has 16 heavy (non-hydrogen) atoms. The number of unbranched alkanes of at least 4 members (excludes halogenated alkanes) is 1. The van der Waals surface area contributed by atoms with Crippen LogP contribution in [0.1, 0.15) is 25.3 Å². The minimum Gasteiger partial charge on any atom is -0.454 e. The first kappa shape index (κ1) is 12.8. The molecule has 90 valence electrons. The van der Waals surface area contributed by atoms with E-state index in [4.69, 9.17) is 9.47 Å². The van der Waals surface area contributed by atoms with Crippen molar-refractivity contribution >= 4 is 0 Å². The second-order valence-corrected chi connectivity index (χ2v) is 3.79. The van der Waals surface area contributed by atoms with E-state index in [1.165, 1.54) is 18.4 Å². The van der Waals surface area contributed by atoms with Gasteiger partial charge in [-0.3, -0.25) is 0 Å². The zero-order valence-corrected chi connectivity index (χ0v) is 10.4. The van der Waals surface area contributed by atoms with E-state index in [9.17, 15) is 0 Å². The Hall–Kier alpha value is -1.22. The molecule has 1 aromatic rings. The average Bonchev–Trinajstić information content (AvgIpc) is 2.74. The zero-order valence-electron chi connectivity index (χ0n) is 10.4. The van der Waals surface area contributed by atoms with Crippen LogP contribution in [0.5, 0.6) is 11.5 Å². The Bertz CT molecular complexity index is 313. The number of fused-ring (bicyclic) bond motifs is 1. The maximum atomic E-state index is 5.30. The van der Waals surface area contributed by atoms with Crippen molar-refractivity contribution in [2.24, 2.45) is 0 Å². The van der Waals surface area contributed by atoms with Gasteiger partial charge in [-0.25, -0.2) is 0 Å². The minimum absolute atomic E-state index is 0.368. The monoisotopic (exact) mass is 223 g/mol. The topological polar surface area (TPSA) is 30.5 Å². The summed E-state index contributed by atoms with van der Waals surface area (Å²) in [7, 11) is 3.75. The van der Waals surface area contributed by atoms with Gasteiger partial charge in [-0.2, -0.15) is 0 Å². The first-order chi connectivity index (χ1) is 7.81. The number of benzene rings is 1. The molecule has 0 amide bonds. The van der Waals surface area contributed by atoms with Crippen molar-refractivity contribution in [1.82, 2.24) is 5.32 Å². The molecule has 0 aromatic heterocycles. The molecule has 3 nitrogen and oxygen atoms in total. The van der Waals surface area contributed by atoms with Crippen molar-refractivity contribution in [1.29, 1.82) is 0 Å². The third-order valence-electron chi connectivity index (χ3n) is 2.26. The molecule has 0 unspecified atom stereocenters. The van der Waals surface area contributed by atoms with Gasteiger partial charge in [-0.1, -0.05) is 19.4 Å². The number of aryl methyl sites for hydroxylation is 1. The van der Waals surface area contributed by atoms with Crippen LogP contribution >= 0.6 is 0 Å². The Morgan fingerprint density at radius 3 is 2.56 bits per heavy atom. The lowest BCUT2D eigenvalue weighted by atomic mass is 10.1. The van der Waals surface area contributed by atoms with Crippen LogP contribution in [0.25, 0.3) is 0 Å². The van der Waals surface area contributed by atoms with Crippen LogP contribution in [0.3, 0.4) is 0 Å². The Balaban J connectivity index is 0.000000386. The van der Waals surface area contributed by atoms with Gasteiger partial charge in [0.05, 0.1) is 0 Å². The standard InChI is InChI=1S/C11H14O2.C2H7N/c1-2-3-4-9-5-6-10-11(7-9)13-8-12-10;1-3-2/h5-7H,2-4,8H2,1H3;3H,1-2H3. The molecule has 0 fully saturated rings. The van der Waals surface area contributed by atoms with Crippen molar-refractivity contribution in [2.45, 2.75) is 26.2 Å². The summed E-state index contributed by atoms with van der Waals surface area (Å²) < 4.78 is 10.5. The summed E-state index contributed by atoms with van der Waals surface area (Å²) in [6.07, 6.45) is 3.60. The van der Waals surface area contributed by atoms with Crippen molar-refractivity contribution in [2.75, 3.05) is 20.9 Å². The van der Waals surface area contributed by atoms with Crippen molar-refractivity contribution in [3.63, 3.8) is 0 Å². The van der Waals surface area contributed by atoms with Crippen LogP contribution in [-0.2, 0) is 6.42 Å². The molecule has 1 aliphatic rings. The van der Waals surface area contributed by atoms with Gasteiger partial charge < -0.3 is 14.8 Å². The maximum Gasteiger partial charge on any atom is 0.231 e. The molecule has 0 spiro atoms. The predicted molar refractivity (Wildman–Crippen MR) is 66.2 cm³/mol. The SMILES string of the molecule is CCCCc1ccc2c(c1)OCO2.CNC. The Kier molecular flexibility index (Phi) is 5.72. The third kappa shape index (κ3) is 3.74. The van der Waals surface area contributed by atoms with Gasteiger partial charge in [-0.15, -0.1) is 0 Å². The van der Waals surface area contributed by atoms with Crippen molar-refractivity contribution < 1.29 is 9.47 Å². The van der Waals surface area contributed by atoms with Gasteiger partial charge >= 0.3 is 0 Å². The van der Waals surface area contributed by atoms with Crippen molar-refractivity contribution in [3.05, 3.63) is 23.8 Å². The van der Waals surface area contributed by atoms with Crippen molar-refractivity contribution in [3.8, 4) is 11.5 Å². The summed E-state index contributed by atoms with van der Waals surface area (Å²) in [5.41, 5.74) is 1.34. The van der Waals surface area contributed by atoms with Crippen LogP contribution in [0.2, 0.25) is 0 Å². The van der Waals surface area contributed by atoms with E-state index in [1.54, 1.807) is 0 Å². The molecule has 0 aliphatic carbocycles. The number of ether oxygens (including phenoxy) is 2. The van der Waals surface area contributed by atoms with Crippen LogP contribution in [0.15, 0.2) is 18.2 Å². The fourth-order valence-corrected chi connectivity index (χ4v) is 1.48. The molecule has 0 saturated heterocycles. The normalized spacial score (nSPS) is 11.9. The number of hydrogen-bond donors (Lipinski definition) is 1. The Morgan fingerprint density at radius 1 is 1.19 bits per heavy atom. The highest BCUT2D eigenvalue weighted by Crippen LogP contribution is 2.32. The molecule has 1 N–H and O–H groups in total. The highest BCUT2D eigenvalue weighted by molar-refractivity contribution is 5.44. The molecule has 0 atom stereocenters. The molecule has 1 aliphatic heterocycles. The Morgan fingerprint density at radius 2 is 1.88 bits per heavy atom. The quantitative estimate of drug-likeness (QED) is 0.854. The van der Waals surface area contributed by atoms with E-state index in [2.05, 4.69) is 24.4 Å². The maximum absolute atomic E-state index is 5.30. The summed E-state index contributed by atoms with van der Waals surface area (Å²) in [4.78, 5) is 0. The molecule has 0 radical (unpaired) electrons. The highest BCUT2D eigenvalue weighted by Gasteiger charge is 2.12. The van der Waals surface area contributed by atoms with Gasteiger partial charge in [0.1, 0.15) is 0 Å².